The normalized spacial score (nSPS) is 25.7. The molecule has 4 rings (SSSR count). The van der Waals surface area contributed by atoms with E-state index in [1.165, 1.54) is 12.1 Å². The Labute approximate surface area is 150 Å². The van der Waals surface area contributed by atoms with Crippen molar-refractivity contribution < 1.29 is 13.2 Å². The van der Waals surface area contributed by atoms with Gasteiger partial charge < -0.3 is 4.90 Å². The van der Waals surface area contributed by atoms with Crippen LogP contribution in [0.15, 0.2) is 42.9 Å². The lowest BCUT2D eigenvalue weighted by Gasteiger charge is -2.46. The second-order valence-electron chi connectivity index (χ2n) is 7.31. The summed E-state index contributed by atoms with van der Waals surface area (Å²) < 4.78 is 42.8. The number of hydrogen-bond donors (Lipinski definition) is 0. The van der Waals surface area contributed by atoms with E-state index in [1.807, 2.05) is 4.90 Å². The van der Waals surface area contributed by atoms with Gasteiger partial charge in [0.05, 0.1) is 11.6 Å². The predicted molar refractivity (Wildman–Crippen MR) is 92.5 cm³/mol. The van der Waals surface area contributed by atoms with Gasteiger partial charge in [0.15, 0.2) is 0 Å². The van der Waals surface area contributed by atoms with E-state index in [2.05, 4.69) is 14.9 Å². The van der Waals surface area contributed by atoms with Crippen molar-refractivity contribution >= 4 is 5.82 Å². The number of hydrogen-bond acceptors (Lipinski definition) is 4. The van der Waals surface area contributed by atoms with Crippen molar-refractivity contribution in [1.29, 1.82) is 0 Å². The SMILES string of the molecule is Fc1ccc(CN2CCC(F)(F)[C@@]3(CCN(c4cnccn4)C3)C2)cc1. The molecule has 2 aliphatic rings. The summed E-state index contributed by atoms with van der Waals surface area (Å²) in [5.74, 6) is -2.34. The Morgan fingerprint density at radius 3 is 2.54 bits per heavy atom. The van der Waals surface area contributed by atoms with Crippen LogP contribution in [0.1, 0.15) is 18.4 Å². The maximum Gasteiger partial charge on any atom is 0.257 e. The number of alkyl halides is 2. The summed E-state index contributed by atoms with van der Waals surface area (Å²) in [6, 6.07) is 6.26. The van der Waals surface area contributed by atoms with Crippen LogP contribution in [0.2, 0.25) is 0 Å². The van der Waals surface area contributed by atoms with E-state index >= 15 is 0 Å². The first kappa shape index (κ1) is 17.3. The first-order chi connectivity index (χ1) is 12.5. The van der Waals surface area contributed by atoms with Crippen LogP contribution < -0.4 is 4.90 Å². The fourth-order valence-corrected chi connectivity index (χ4v) is 4.12. The Hall–Kier alpha value is -2.15. The van der Waals surface area contributed by atoms with Gasteiger partial charge in [-0.1, -0.05) is 12.1 Å². The van der Waals surface area contributed by atoms with Crippen LogP contribution in [0, 0.1) is 11.2 Å². The van der Waals surface area contributed by atoms with Gasteiger partial charge in [0, 0.05) is 51.5 Å². The highest BCUT2D eigenvalue weighted by Crippen LogP contribution is 2.50. The van der Waals surface area contributed by atoms with Gasteiger partial charge >= 0.3 is 0 Å². The Morgan fingerprint density at radius 1 is 1.00 bits per heavy atom. The molecule has 0 aliphatic carbocycles. The van der Waals surface area contributed by atoms with Crippen LogP contribution in [0.5, 0.6) is 0 Å². The van der Waals surface area contributed by atoms with Crippen molar-refractivity contribution in [3.05, 3.63) is 54.2 Å². The third-order valence-electron chi connectivity index (χ3n) is 5.59. The van der Waals surface area contributed by atoms with Crippen molar-refractivity contribution in [3.8, 4) is 0 Å². The molecule has 2 saturated heterocycles. The molecule has 138 valence electrons. The summed E-state index contributed by atoms with van der Waals surface area (Å²) in [7, 11) is 0. The van der Waals surface area contributed by atoms with Gasteiger partial charge in [-0.2, -0.15) is 0 Å². The topological polar surface area (TPSA) is 32.3 Å². The van der Waals surface area contributed by atoms with Gasteiger partial charge in [0.25, 0.3) is 5.92 Å². The molecule has 4 nitrogen and oxygen atoms in total. The van der Waals surface area contributed by atoms with Crippen molar-refractivity contribution in [1.82, 2.24) is 14.9 Å². The average molecular weight is 362 g/mol. The van der Waals surface area contributed by atoms with E-state index in [9.17, 15) is 13.2 Å². The second-order valence-corrected chi connectivity index (χ2v) is 7.31. The van der Waals surface area contributed by atoms with Crippen LogP contribution in [0.3, 0.4) is 0 Å². The smallest absolute Gasteiger partial charge is 0.257 e. The lowest BCUT2D eigenvalue weighted by molar-refractivity contribution is -0.158. The highest BCUT2D eigenvalue weighted by Gasteiger charge is 2.59. The first-order valence-electron chi connectivity index (χ1n) is 8.83. The van der Waals surface area contributed by atoms with Gasteiger partial charge in [0.2, 0.25) is 0 Å². The van der Waals surface area contributed by atoms with Gasteiger partial charge in [-0.25, -0.2) is 18.2 Å². The molecule has 0 unspecified atom stereocenters. The van der Waals surface area contributed by atoms with Crippen molar-refractivity contribution in [3.63, 3.8) is 0 Å². The van der Waals surface area contributed by atoms with E-state index < -0.39 is 11.3 Å². The number of rotatable bonds is 3. The van der Waals surface area contributed by atoms with Crippen LogP contribution in [0.4, 0.5) is 19.0 Å². The zero-order valence-electron chi connectivity index (χ0n) is 14.4. The van der Waals surface area contributed by atoms with Crippen LogP contribution in [-0.2, 0) is 6.54 Å². The van der Waals surface area contributed by atoms with Crippen molar-refractivity contribution in [2.24, 2.45) is 5.41 Å². The average Bonchev–Trinajstić information content (AvgIpc) is 3.07. The molecule has 0 N–H and O–H groups in total. The molecule has 0 bridgehead atoms. The Bertz CT molecular complexity index is 753. The third-order valence-corrected chi connectivity index (χ3v) is 5.59. The molecule has 1 atom stereocenters. The highest BCUT2D eigenvalue weighted by molar-refractivity contribution is 5.38. The zero-order valence-corrected chi connectivity index (χ0v) is 14.4. The van der Waals surface area contributed by atoms with Gasteiger partial charge in [-0.15, -0.1) is 0 Å². The third kappa shape index (κ3) is 3.16. The van der Waals surface area contributed by atoms with Gasteiger partial charge in [-0.05, 0) is 24.1 Å². The molecular weight excluding hydrogens is 341 g/mol. The molecule has 2 aromatic rings. The number of anilines is 1. The minimum atomic E-state index is -2.71. The summed E-state index contributed by atoms with van der Waals surface area (Å²) >= 11 is 0. The number of likely N-dealkylation sites (tertiary alicyclic amines) is 1. The van der Waals surface area contributed by atoms with Gasteiger partial charge in [-0.3, -0.25) is 9.88 Å². The standard InChI is InChI=1S/C19H21F3N4/c20-16-3-1-15(2-4-16)12-25-9-6-19(21,22)18(13-25)5-10-26(14-18)17-11-23-7-8-24-17/h1-4,7-8,11H,5-6,9-10,12-14H2/t18-/m0/s1. The first-order valence-corrected chi connectivity index (χ1v) is 8.83. The Kier molecular flexibility index (Phi) is 4.34. The van der Waals surface area contributed by atoms with Gasteiger partial charge in [0.1, 0.15) is 11.6 Å². The Balaban J connectivity index is 1.51. The lowest BCUT2D eigenvalue weighted by atomic mass is 9.75. The number of piperidine rings is 1. The molecular formula is C19H21F3N4. The molecule has 1 spiro atoms. The summed E-state index contributed by atoms with van der Waals surface area (Å²) in [6.07, 6.45) is 5.06. The molecule has 7 heteroatoms. The molecule has 2 aliphatic heterocycles. The molecule has 26 heavy (non-hydrogen) atoms. The number of halogens is 3. The van der Waals surface area contributed by atoms with Crippen molar-refractivity contribution in [2.45, 2.75) is 25.3 Å². The zero-order chi connectivity index (χ0) is 18.2. The van der Waals surface area contributed by atoms with E-state index in [1.54, 1.807) is 30.7 Å². The summed E-state index contributed by atoms with van der Waals surface area (Å²) in [5.41, 5.74) is -0.140. The van der Waals surface area contributed by atoms with E-state index in [4.69, 9.17) is 0 Å². The quantitative estimate of drug-likeness (QED) is 0.838. The maximum absolute atomic E-state index is 14.9. The number of nitrogens with zero attached hydrogens (tertiary/aromatic N) is 4. The Morgan fingerprint density at radius 2 is 1.81 bits per heavy atom. The fraction of sp³-hybridized carbons (Fsp3) is 0.474. The van der Waals surface area contributed by atoms with Crippen molar-refractivity contribution in [2.75, 3.05) is 31.1 Å². The summed E-state index contributed by atoms with van der Waals surface area (Å²) in [6.45, 7) is 2.06. The van der Waals surface area contributed by atoms with Crippen LogP contribution in [-0.4, -0.2) is 47.0 Å². The molecule has 0 amide bonds. The molecule has 0 radical (unpaired) electrons. The summed E-state index contributed by atoms with van der Waals surface area (Å²) in [5, 5.41) is 0. The molecule has 0 saturated carbocycles. The predicted octanol–water partition coefficient (Wildman–Crippen LogP) is 3.35. The molecule has 2 fully saturated rings. The van der Waals surface area contributed by atoms with E-state index in [0.717, 1.165) is 5.56 Å². The number of aromatic nitrogens is 2. The summed E-state index contributed by atoms with van der Waals surface area (Å²) in [4.78, 5) is 12.3. The lowest BCUT2D eigenvalue weighted by Crippen LogP contribution is -2.56. The molecule has 3 heterocycles. The fourth-order valence-electron chi connectivity index (χ4n) is 4.12. The minimum absolute atomic E-state index is 0.150. The highest BCUT2D eigenvalue weighted by atomic mass is 19.3. The maximum atomic E-state index is 14.9. The number of benzene rings is 1. The van der Waals surface area contributed by atoms with E-state index in [-0.39, 0.29) is 18.8 Å². The van der Waals surface area contributed by atoms with Crippen LogP contribution in [0.25, 0.3) is 0 Å². The molecule has 1 aromatic heterocycles. The second kappa shape index (κ2) is 6.54. The van der Waals surface area contributed by atoms with E-state index in [0.29, 0.717) is 38.4 Å². The minimum Gasteiger partial charge on any atom is -0.354 e. The monoisotopic (exact) mass is 362 g/mol. The largest absolute Gasteiger partial charge is 0.354 e. The van der Waals surface area contributed by atoms with Crippen LogP contribution >= 0.6 is 0 Å². The molecule has 1 aromatic carbocycles.